The molecule has 1 rings (SSSR count). The second-order valence-electron chi connectivity index (χ2n) is 5.59. The van der Waals surface area contributed by atoms with Gasteiger partial charge in [0.05, 0.1) is 5.92 Å². The Kier molecular flexibility index (Phi) is 4.36. The van der Waals surface area contributed by atoms with Gasteiger partial charge in [0.1, 0.15) is 5.60 Å². The number of aliphatic carboxylic acids is 2. The highest BCUT2D eigenvalue weighted by Gasteiger charge is 2.45. The van der Waals surface area contributed by atoms with Crippen molar-refractivity contribution in [2.75, 3.05) is 13.1 Å². The summed E-state index contributed by atoms with van der Waals surface area (Å²) in [7, 11) is 0. The molecule has 1 heterocycles. The Morgan fingerprint density at radius 3 is 1.90 bits per heavy atom. The molecular weight excluding hydrogens is 270 g/mol. The number of carbonyl (C=O) groups excluding carboxylic acids is 2. The minimum Gasteiger partial charge on any atom is -0.480 e. The van der Waals surface area contributed by atoms with Crippen molar-refractivity contribution in [2.45, 2.75) is 26.4 Å². The fourth-order valence-electron chi connectivity index (χ4n) is 1.72. The van der Waals surface area contributed by atoms with Crippen LogP contribution in [0.1, 0.15) is 20.8 Å². The lowest BCUT2D eigenvalue weighted by molar-refractivity contribution is -0.159. The summed E-state index contributed by atoms with van der Waals surface area (Å²) >= 11 is 0. The number of ether oxygens (including phenoxy) is 1. The molecule has 0 atom stereocenters. The number of ketones is 1. The molecule has 0 aromatic rings. The van der Waals surface area contributed by atoms with Crippen molar-refractivity contribution in [1.82, 2.24) is 4.90 Å². The van der Waals surface area contributed by atoms with Crippen molar-refractivity contribution in [3.05, 3.63) is 0 Å². The SMILES string of the molecule is CC(C)(C)OC(=O)N1CC(C(=O)C(C(=O)O)C(=O)O)C1. The average Bonchev–Trinajstić information content (AvgIpc) is 2.09. The van der Waals surface area contributed by atoms with Crippen LogP contribution in [-0.4, -0.2) is 57.6 Å². The Hall–Kier alpha value is -2.12. The third-order valence-corrected chi connectivity index (χ3v) is 2.71. The zero-order valence-electron chi connectivity index (χ0n) is 11.5. The third-order valence-electron chi connectivity index (χ3n) is 2.71. The largest absolute Gasteiger partial charge is 0.480 e. The van der Waals surface area contributed by atoms with Crippen molar-refractivity contribution in [1.29, 1.82) is 0 Å². The highest BCUT2D eigenvalue weighted by atomic mass is 16.6. The predicted octanol–water partition coefficient (Wildman–Crippen LogP) is 0.208. The first-order valence-corrected chi connectivity index (χ1v) is 6.00. The molecule has 2 N–H and O–H groups in total. The molecule has 8 heteroatoms. The maximum absolute atomic E-state index is 11.7. The van der Waals surface area contributed by atoms with Gasteiger partial charge in [-0.1, -0.05) is 0 Å². The van der Waals surface area contributed by atoms with E-state index in [-0.39, 0.29) is 13.1 Å². The second-order valence-corrected chi connectivity index (χ2v) is 5.59. The van der Waals surface area contributed by atoms with Gasteiger partial charge in [-0.15, -0.1) is 0 Å². The van der Waals surface area contributed by atoms with E-state index in [0.717, 1.165) is 0 Å². The summed E-state index contributed by atoms with van der Waals surface area (Å²) in [6, 6.07) is 0. The summed E-state index contributed by atoms with van der Waals surface area (Å²) in [4.78, 5) is 46.0. The van der Waals surface area contributed by atoms with Gasteiger partial charge in [0.15, 0.2) is 5.78 Å². The van der Waals surface area contributed by atoms with Crippen LogP contribution < -0.4 is 0 Å². The molecule has 1 aliphatic heterocycles. The summed E-state index contributed by atoms with van der Waals surface area (Å²) in [6.45, 7) is 5.03. The van der Waals surface area contributed by atoms with Crippen LogP contribution in [0.2, 0.25) is 0 Å². The van der Waals surface area contributed by atoms with E-state index in [1.54, 1.807) is 20.8 Å². The molecular formula is C12H17NO7. The Morgan fingerprint density at radius 2 is 1.55 bits per heavy atom. The topological polar surface area (TPSA) is 121 Å². The monoisotopic (exact) mass is 287 g/mol. The number of hydrogen-bond acceptors (Lipinski definition) is 5. The molecule has 0 saturated carbocycles. The number of carboxylic acid groups (broad SMARTS) is 2. The van der Waals surface area contributed by atoms with E-state index in [4.69, 9.17) is 14.9 Å². The lowest BCUT2D eigenvalue weighted by atomic mass is 9.87. The first-order chi connectivity index (χ1) is 9.03. The highest BCUT2D eigenvalue weighted by molar-refractivity contribution is 6.15. The molecule has 0 radical (unpaired) electrons. The van der Waals surface area contributed by atoms with E-state index < -0.39 is 41.3 Å². The van der Waals surface area contributed by atoms with Crippen molar-refractivity contribution in [3.8, 4) is 0 Å². The van der Waals surface area contributed by atoms with E-state index in [0.29, 0.717) is 0 Å². The van der Waals surface area contributed by atoms with Gasteiger partial charge in [-0.05, 0) is 20.8 Å². The van der Waals surface area contributed by atoms with Crippen LogP contribution in [0, 0.1) is 11.8 Å². The molecule has 1 fully saturated rings. The second kappa shape index (κ2) is 5.48. The molecule has 0 aromatic heterocycles. The van der Waals surface area contributed by atoms with Crippen LogP contribution >= 0.6 is 0 Å². The Bertz CT molecular complexity index is 431. The van der Waals surface area contributed by atoms with E-state index in [1.807, 2.05) is 0 Å². The molecule has 0 bridgehead atoms. The zero-order valence-corrected chi connectivity index (χ0v) is 11.5. The summed E-state index contributed by atoms with van der Waals surface area (Å²) < 4.78 is 5.07. The summed E-state index contributed by atoms with van der Waals surface area (Å²) in [5.41, 5.74) is -0.670. The van der Waals surface area contributed by atoms with Crippen LogP contribution in [0.15, 0.2) is 0 Å². The van der Waals surface area contributed by atoms with Gasteiger partial charge in [-0.2, -0.15) is 0 Å². The number of rotatable bonds is 4. The van der Waals surface area contributed by atoms with Crippen molar-refractivity contribution >= 4 is 23.8 Å². The van der Waals surface area contributed by atoms with Crippen LogP contribution in [0.3, 0.4) is 0 Å². The molecule has 8 nitrogen and oxygen atoms in total. The minimum atomic E-state index is -2.08. The summed E-state index contributed by atoms with van der Waals surface area (Å²) in [6.07, 6.45) is -0.608. The number of likely N-dealkylation sites (tertiary alicyclic amines) is 1. The molecule has 1 amide bonds. The molecule has 20 heavy (non-hydrogen) atoms. The first-order valence-electron chi connectivity index (χ1n) is 6.00. The maximum Gasteiger partial charge on any atom is 0.410 e. The van der Waals surface area contributed by atoms with Crippen LogP contribution in [0.25, 0.3) is 0 Å². The van der Waals surface area contributed by atoms with Crippen molar-refractivity contribution in [3.63, 3.8) is 0 Å². The lowest BCUT2D eigenvalue weighted by Gasteiger charge is -2.39. The van der Waals surface area contributed by atoms with Crippen molar-refractivity contribution < 1.29 is 34.1 Å². The first kappa shape index (κ1) is 15.9. The molecule has 0 unspecified atom stereocenters. The number of hydrogen-bond donors (Lipinski definition) is 2. The van der Waals surface area contributed by atoms with Gasteiger partial charge >= 0.3 is 18.0 Å². The summed E-state index contributed by atoms with van der Waals surface area (Å²) in [5, 5.41) is 17.4. The Morgan fingerprint density at radius 1 is 1.10 bits per heavy atom. The lowest BCUT2D eigenvalue weighted by Crippen LogP contribution is -2.56. The number of carbonyl (C=O) groups is 4. The van der Waals surface area contributed by atoms with E-state index in [1.165, 1.54) is 4.90 Å². The predicted molar refractivity (Wildman–Crippen MR) is 65.1 cm³/mol. The van der Waals surface area contributed by atoms with Crippen LogP contribution in [0.5, 0.6) is 0 Å². The fourth-order valence-corrected chi connectivity index (χ4v) is 1.72. The smallest absolute Gasteiger partial charge is 0.410 e. The Labute approximate surface area is 115 Å². The molecule has 1 saturated heterocycles. The molecule has 1 aliphatic rings. The normalized spacial score (nSPS) is 15.7. The average molecular weight is 287 g/mol. The van der Waals surface area contributed by atoms with E-state index >= 15 is 0 Å². The van der Waals surface area contributed by atoms with E-state index in [2.05, 4.69) is 0 Å². The van der Waals surface area contributed by atoms with Gasteiger partial charge in [-0.25, -0.2) is 4.79 Å². The fraction of sp³-hybridized carbons (Fsp3) is 0.667. The van der Waals surface area contributed by atoms with Crippen molar-refractivity contribution in [2.24, 2.45) is 11.8 Å². The van der Waals surface area contributed by atoms with Gasteiger partial charge in [0, 0.05) is 13.1 Å². The zero-order chi connectivity index (χ0) is 15.7. The Balaban J connectivity index is 2.56. The minimum absolute atomic E-state index is 0.0230. The number of Topliss-reactive ketones (excluding diaryl/α,β-unsaturated/α-hetero) is 1. The van der Waals surface area contributed by atoms with Gasteiger partial charge in [0.25, 0.3) is 0 Å². The molecule has 0 aromatic carbocycles. The number of amides is 1. The quantitative estimate of drug-likeness (QED) is 0.709. The summed E-state index contributed by atoms with van der Waals surface area (Å²) in [5.74, 6) is -7.15. The van der Waals surface area contributed by atoms with Gasteiger partial charge in [-0.3, -0.25) is 14.4 Å². The van der Waals surface area contributed by atoms with Gasteiger partial charge < -0.3 is 19.8 Å². The third kappa shape index (κ3) is 3.69. The molecule has 0 aliphatic carbocycles. The highest BCUT2D eigenvalue weighted by Crippen LogP contribution is 2.23. The standard InChI is InChI=1S/C12H17NO7/c1-12(2,3)20-11(19)13-4-6(5-13)8(14)7(9(15)16)10(17)18/h6-7H,4-5H2,1-3H3,(H,15,16)(H,17,18). The molecule has 112 valence electrons. The number of carboxylic acids is 2. The van der Waals surface area contributed by atoms with Crippen LogP contribution in [-0.2, 0) is 19.1 Å². The maximum atomic E-state index is 11.7. The number of nitrogens with zero attached hydrogens (tertiary/aromatic N) is 1. The van der Waals surface area contributed by atoms with Gasteiger partial charge in [0.2, 0.25) is 5.92 Å². The van der Waals surface area contributed by atoms with E-state index in [9.17, 15) is 19.2 Å². The molecule has 0 spiro atoms. The van der Waals surface area contributed by atoms with Crippen LogP contribution in [0.4, 0.5) is 4.79 Å².